The topological polar surface area (TPSA) is 69.9 Å². The Bertz CT molecular complexity index is 1710. The highest BCUT2D eigenvalue weighted by Gasteiger charge is 2.37. The Labute approximate surface area is 230 Å². The molecule has 0 saturated heterocycles. The van der Waals surface area contributed by atoms with Crippen molar-refractivity contribution >= 4 is 61.4 Å². The van der Waals surface area contributed by atoms with E-state index in [1.807, 2.05) is 61.5 Å². The minimum Gasteiger partial charge on any atom is -0.496 e. The van der Waals surface area contributed by atoms with Crippen molar-refractivity contribution in [3.8, 4) is 5.75 Å². The second-order valence-corrected chi connectivity index (χ2v) is 12.0. The summed E-state index contributed by atoms with van der Waals surface area (Å²) in [6, 6.07) is 15.0. The van der Waals surface area contributed by atoms with Crippen molar-refractivity contribution in [1.82, 2.24) is 4.57 Å². The first kappa shape index (κ1) is 25.6. The van der Waals surface area contributed by atoms with Gasteiger partial charge in [0.05, 0.1) is 33.3 Å². The van der Waals surface area contributed by atoms with Crippen molar-refractivity contribution in [3.63, 3.8) is 0 Å². The minimum absolute atomic E-state index is 0.203. The summed E-state index contributed by atoms with van der Waals surface area (Å²) in [5.41, 5.74) is 1.58. The molecule has 5 rings (SSSR count). The van der Waals surface area contributed by atoms with Gasteiger partial charge in [0.25, 0.3) is 5.56 Å². The summed E-state index contributed by atoms with van der Waals surface area (Å²) in [7, 11) is 1.60. The molecular weight excluding hydrogens is 572 g/mol. The third kappa shape index (κ3) is 4.71. The SMILES string of the molecule is CCCC1=C(C(=O)OCC)[C@H](c2c(OC)ccc3ccccc23)n2c(s/c(=C/c3ccc(Br)s3)c2=O)=N1. The average molecular weight is 598 g/mol. The van der Waals surface area contributed by atoms with Crippen LogP contribution in [0.1, 0.15) is 43.2 Å². The fraction of sp³-hybridized carbons (Fsp3) is 0.250. The zero-order valence-corrected chi connectivity index (χ0v) is 23.8. The van der Waals surface area contributed by atoms with Crippen LogP contribution in [0.4, 0.5) is 0 Å². The van der Waals surface area contributed by atoms with E-state index in [-0.39, 0.29) is 12.2 Å². The van der Waals surface area contributed by atoms with Gasteiger partial charge in [0.15, 0.2) is 4.80 Å². The molecule has 0 unspecified atom stereocenters. The van der Waals surface area contributed by atoms with Gasteiger partial charge in [0.2, 0.25) is 0 Å². The smallest absolute Gasteiger partial charge is 0.338 e. The number of fused-ring (bicyclic) bond motifs is 2. The van der Waals surface area contributed by atoms with E-state index in [4.69, 9.17) is 14.5 Å². The molecule has 2 aromatic heterocycles. The fourth-order valence-electron chi connectivity index (χ4n) is 4.66. The molecule has 0 fully saturated rings. The van der Waals surface area contributed by atoms with E-state index in [1.165, 1.54) is 11.3 Å². The summed E-state index contributed by atoms with van der Waals surface area (Å²) in [6.45, 7) is 4.04. The molecule has 0 spiro atoms. The van der Waals surface area contributed by atoms with E-state index in [0.717, 1.165) is 31.4 Å². The standard InChI is InChI=1S/C28H25BrN2O4S2/c1-4-8-19-24(27(33)35-5-2)25(23-18-10-7-6-9-16(18)11-13-20(23)34-3)31-26(32)21(37-28(31)30-19)15-17-12-14-22(29)36-17/h6-7,9-15,25H,4-5,8H2,1-3H3/b21-15+/t25-/m0/s1. The van der Waals surface area contributed by atoms with Gasteiger partial charge in [-0.05, 0) is 64.3 Å². The Morgan fingerprint density at radius 2 is 1.95 bits per heavy atom. The van der Waals surface area contributed by atoms with Gasteiger partial charge in [0, 0.05) is 10.4 Å². The lowest BCUT2D eigenvalue weighted by molar-refractivity contribution is -0.139. The second kappa shape index (κ2) is 10.8. The number of esters is 1. The first-order valence-electron chi connectivity index (χ1n) is 12.0. The van der Waals surface area contributed by atoms with Crippen molar-refractivity contribution in [2.75, 3.05) is 13.7 Å². The van der Waals surface area contributed by atoms with Gasteiger partial charge < -0.3 is 9.47 Å². The Morgan fingerprint density at radius 1 is 1.14 bits per heavy atom. The van der Waals surface area contributed by atoms with Crippen molar-refractivity contribution in [2.24, 2.45) is 4.99 Å². The monoisotopic (exact) mass is 596 g/mol. The van der Waals surface area contributed by atoms with Crippen LogP contribution < -0.4 is 19.6 Å². The number of nitrogens with zero attached hydrogens (tertiary/aromatic N) is 2. The van der Waals surface area contributed by atoms with Gasteiger partial charge in [-0.25, -0.2) is 9.79 Å². The summed E-state index contributed by atoms with van der Waals surface area (Å²) < 4.78 is 14.5. The summed E-state index contributed by atoms with van der Waals surface area (Å²) in [6.07, 6.45) is 3.25. The van der Waals surface area contributed by atoms with Crippen molar-refractivity contribution in [2.45, 2.75) is 32.7 Å². The maximum Gasteiger partial charge on any atom is 0.338 e. The molecule has 0 radical (unpaired) electrons. The Hall–Kier alpha value is -3.01. The fourth-order valence-corrected chi connectivity index (χ4v) is 7.12. The number of hydrogen-bond acceptors (Lipinski definition) is 7. The molecule has 190 valence electrons. The number of carbonyl (C=O) groups excluding carboxylic acids is 1. The predicted octanol–water partition coefficient (Wildman–Crippen LogP) is 5.56. The lowest BCUT2D eigenvalue weighted by Crippen LogP contribution is -2.40. The molecule has 37 heavy (non-hydrogen) atoms. The number of ether oxygens (including phenoxy) is 2. The molecule has 9 heteroatoms. The molecule has 0 aliphatic carbocycles. The average Bonchev–Trinajstić information content (AvgIpc) is 3.44. The predicted molar refractivity (Wildman–Crippen MR) is 152 cm³/mol. The van der Waals surface area contributed by atoms with Gasteiger partial charge >= 0.3 is 5.97 Å². The molecule has 1 aliphatic rings. The molecule has 2 aromatic carbocycles. The molecule has 0 bridgehead atoms. The highest BCUT2D eigenvalue weighted by atomic mass is 79.9. The van der Waals surface area contributed by atoms with E-state index < -0.39 is 12.0 Å². The van der Waals surface area contributed by atoms with Crippen LogP contribution in [0.5, 0.6) is 5.75 Å². The summed E-state index contributed by atoms with van der Waals surface area (Å²) in [4.78, 5) is 33.9. The zero-order chi connectivity index (χ0) is 26.1. The number of halogens is 1. The molecule has 0 N–H and O–H groups in total. The molecule has 1 atom stereocenters. The summed E-state index contributed by atoms with van der Waals surface area (Å²) in [5, 5.41) is 1.89. The van der Waals surface area contributed by atoms with Gasteiger partial charge in [-0.1, -0.05) is 55.0 Å². The highest BCUT2D eigenvalue weighted by molar-refractivity contribution is 9.11. The Balaban J connectivity index is 1.89. The van der Waals surface area contributed by atoms with E-state index >= 15 is 0 Å². The van der Waals surface area contributed by atoms with Crippen LogP contribution in [-0.2, 0) is 9.53 Å². The second-order valence-electron chi connectivity index (χ2n) is 8.46. The third-order valence-corrected chi connectivity index (χ3v) is 8.74. The summed E-state index contributed by atoms with van der Waals surface area (Å²) in [5.74, 6) is 0.131. The number of benzene rings is 2. The maximum atomic E-state index is 14.0. The van der Waals surface area contributed by atoms with Crippen LogP contribution in [0.2, 0.25) is 0 Å². The van der Waals surface area contributed by atoms with Gasteiger partial charge in [-0.3, -0.25) is 9.36 Å². The number of thiazole rings is 1. The van der Waals surface area contributed by atoms with E-state index in [0.29, 0.717) is 32.8 Å². The zero-order valence-electron chi connectivity index (χ0n) is 20.6. The number of allylic oxidation sites excluding steroid dienone is 1. The quantitative estimate of drug-likeness (QED) is 0.262. The normalized spacial score (nSPS) is 15.6. The van der Waals surface area contributed by atoms with Crippen molar-refractivity contribution in [1.29, 1.82) is 0 Å². The number of hydrogen-bond donors (Lipinski definition) is 0. The Morgan fingerprint density at radius 3 is 2.65 bits per heavy atom. The number of thiophene rings is 1. The number of methoxy groups -OCH3 is 1. The van der Waals surface area contributed by atoms with Gasteiger partial charge in [0.1, 0.15) is 11.8 Å². The van der Waals surface area contributed by atoms with Crippen LogP contribution in [0.25, 0.3) is 16.8 Å². The van der Waals surface area contributed by atoms with Crippen LogP contribution >= 0.6 is 38.6 Å². The van der Waals surface area contributed by atoms with Crippen LogP contribution in [0.15, 0.2) is 73.4 Å². The molecular formula is C28H25BrN2O4S2. The van der Waals surface area contributed by atoms with Crippen LogP contribution in [0, 0.1) is 0 Å². The van der Waals surface area contributed by atoms with E-state index in [1.54, 1.807) is 29.9 Å². The van der Waals surface area contributed by atoms with Crippen LogP contribution in [0.3, 0.4) is 0 Å². The maximum absolute atomic E-state index is 14.0. The van der Waals surface area contributed by atoms with Crippen LogP contribution in [-0.4, -0.2) is 24.3 Å². The lowest BCUT2D eigenvalue weighted by atomic mass is 9.90. The largest absolute Gasteiger partial charge is 0.496 e. The molecule has 6 nitrogen and oxygen atoms in total. The Kier molecular flexibility index (Phi) is 7.46. The minimum atomic E-state index is -0.741. The van der Waals surface area contributed by atoms with E-state index in [9.17, 15) is 9.59 Å². The molecule has 0 amide bonds. The van der Waals surface area contributed by atoms with E-state index in [2.05, 4.69) is 15.9 Å². The summed E-state index contributed by atoms with van der Waals surface area (Å²) >= 11 is 6.37. The number of aromatic nitrogens is 1. The number of rotatable bonds is 7. The molecule has 1 aliphatic heterocycles. The van der Waals surface area contributed by atoms with Crippen molar-refractivity contribution in [3.05, 3.63) is 93.7 Å². The molecule has 3 heterocycles. The first-order valence-corrected chi connectivity index (χ1v) is 14.4. The molecule has 0 saturated carbocycles. The van der Waals surface area contributed by atoms with Gasteiger partial charge in [-0.15, -0.1) is 11.3 Å². The van der Waals surface area contributed by atoms with Gasteiger partial charge in [-0.2, -0.15) is 0 Å². The molecule has 4 aromatic rings. The lowest BCUT2D eigenvalue weighted by Gasteiger charge is -2.28. The number of carbonyl (C=O) groups is 1. The first-order chi connectivity index (χ1) is 18.0. The van der Waals surface area contributed by atoms with Crippen molar-refractivity contribution < 1.29 is 14.3 Å². The highest BCUT2D eigenvalue weighted by Crippen LogP contribution is 2.41. The third-order valence-electron chi connectivity index (χ3n) is 6.18.